The van der Waals surface area contributed by atoms with E-state index in [-0.39, 0.29) is 18.4 Å². The number of hydrogen-bond acceptors (Lipinski definition) is 2. The summed E-state index contributed by atoms with van der Waals surface area (Å²) in [6.07, 6.45) is 4.35. The van der Waals surface area contributed by atoms with Gasteiger partial charge in [-0.3, -0.25) is 4.79 Å². The lowest BCUT2D eigenvalue weighted by atomic mass is 10.1. The first kappa shape index (κ1) is 12.0. The lowest BCUT2D eigenvalue weighted by Crippen LogP contribution is -2.26. The summed E-state index contributed by atoms with van der Waals surface area (Å²) in [5.41, 5.74) is 1.89. The monoisotopic (exact) mass is 256 g/mol. The summed E-state index contributed by atoms with van der Waals surface area (Å²) in [6, 6.07) is 11.8. The van der Waals surface area contributed by atoms with Crippen molar-refractivity contribution in [3.05, 3.63) is 48.8 Å². The number of amides is 1. The number of hydrogen-bond donors (Lipinski definition) is 1. The second-order valence-electron chi connectivity index (χ2n) is 4.84. The van der Waals surface area contributed by atoms with E-state index >= 15 is 0 Å². The minimum atomic E-state index is 0.0465. The maximum Gasteiger partial charge on any atom is 0.227 e. The smallest absolute Gasteiger partial charge is 0.227 e. The van der Waals surface area contributed by atoms with Gasteiger partial charge in [0.15, 0.2) is 0 Å². The van der Waals surface area contributed by atoms with Gasteiger partial charge >= 0.3 is 0 Å². The highest BCUT2D eigenvalue weighted by atomic mass is 16.3. The molecule has 1 saturated heterocycles. The van der Waals surface area contributed by atoms with E-state index in [2.05, 4.69) is 0 Å². The molecule has 0 bridgehead atoms. The fraction of sp³-hybridized carbons (Fsp3) is 0.267. The lowest BCUT2D eigenvalue weighted by molar-refractivity contribution is -0.117. The third-order valence-corrected chi connectivity index (χ3v) is 3.52. The Kier molecular flexibility index (Phi) is 3.09. The van der Waals surface area contributed by atoms with E-state index < -0.39 is 0 Å². The van der Waals surface area contributed by atoms with Gasteiger partial charge in [-0.2, -0.15) is 0 Å². The third kappa shape index (κ3) is 2.15. The summed E-state index contributed by atoms with van der Waals surface area (Å²) in [4.78, 5) is 13.8. The quantitative estimate of drug-likeness (QED) is 0.910. The average molecular weight is 256 g/mol. The van der Waals surface area contributed by atoms with Crippen molar-refractivity contribution in [1.29, 1.82) is 0 Å². The van der Waals surface area contributed by atoms with Crippen LogP contribution in [0.2, 0.25) is 0 Å². The van der Waals surface area contributed by atoms with Crippen LogP contribution in [0.25, 0.3) is 5.69 Å². The zero-order chi connectivity index (χ0) is 13.2. The molecule has 1 atom stereocenters. The fourth-order valence-electron chi connectivity index (χ4n) is 2.54. The summed E-state index contributed by atoms with van der Waals surface area (Å²) in [5.74, 6) is 0.129. The van der Waals surface area contributed by atoms with Gasteiger partial charge in [0.25, 0.3) is 0 Å². The molecule has 1 aliphatic heterocycles. The predicted octanol–water partition coefficient (Wildman–Crippen LogP) is 1.82. The lowest BCUT2D eigenvalue weighted by Gasteiger charge is -2.20. The predicted molar refractivity (Wildman–Crippen MR) is 73.3 cm³/mol. The molecule has 4 heteroatoms. The normalized spacial score (nSPS) is 19.1. The number of aliphatic hydroxyl groups is 1. The second kappa shape index (κ2) is 4.90. The molecule has 1 aromatic carbocycles. The van der Waals surface area contributed by atoms with Crippen molar-refractivity contribution in [3.63, 3.8) is 0 Å². The van der Waals surface area contributed by atoms with Crippen molar-refractivity contribution in [2.45, 2.75) is 6.42 Å². The van der Waals surface area contributed by atoms with E-state index in [9.17, 15) is 9.90 Å². The van der Waals surface area contributed by atoms with Crippen LogP contribution in [0.15, 0.2) is 48.8 Å². The molecule has 98 valence electrons. The van der Waals surface area contributed by atoms with Crippen molar-refractivity contribution >= 4 is 11.6 Å². The molecular weight excluding hydrogens is 240 g/mol. The minimum absolute atomic E-state index is 0.0465. The van der Waals surface area contributed by atoms with Gasteiger partial charge in [-0.05, 0) is 24.3 Å². The molecule has 2 heterocycles. The van der Waals surface area contributed by atoms with Crippen molar-refractivity contribution in [2.75, 3.05) is 18.1 Å². The van der Waals surface area contributed by atoms with Crippen LogP contribution < -0.4 is 4.90 Å². The number of anilines is 1. The summed E-state index contributed by atoms with van der Waals surface area (Å²) in [5, 5.41) is 9.22. The highest BCUT2D eigenvalue weighted by Crippen LogP contribution is 2.30. The Morgan fingerprint density at radius 1 is 1.11 bits per heavy atom. The molecule has 19 heavy (non-hydrogen) atoms. The Labute approximate surface area is 111 Å². The van der Waals surface area contributed by atoms with Crippen LogP contribution in [0.5, 0.6) is 0 Å². The van der Waals surface area contributed by atoms with Gasteiger partial charge in [0.05, 0.1) is 11.4 Å². The highest BCUT2D eigenvalue weighted by molar-refractivity contribution is 5.97. The zero-order valence-electron chi connectivity index (χ0n) is 10.6. The van der Waals surface area contributed by atoms with Gasteiger partial charge in [-0.1, -0.05) is 12.1 Å². The number of nitrogens with zero attached hydrogens (tertiary/aromatic N) is 2. The number of carbonyl (C=O) groups excluding carboxylic acids is 1. The summed E-state index contributed by atoms with van der Waals surface area (Å²) in [6.45, 7) is 0.654. The first-order valence-electron chi connectivity index (χ1n) is 6.43. The van der Waals surface area contributed by atoms with Gasteiger partial charge in [-0.25, -0.2) is 0 Å². The minimum Gasteiger partial charge on any atom is -0.396 e. The molecule has 0 aliphatic carbocycles. The van der Waals surface area contributed by atoms with E-state index in [1.54, 1.807) is 4.90 Å². The SMILES string of the molecule is O=C1CC(CO)CN1c1ccccc1-n1cccc1. The van der Waals surface area contributed by atoms with Crippen LogP contribution in [0.4, 0.5) is 5.69 Å². The number of para-hydroxylation sites is 2. The van der Waals surface area contributed by atoms with E-state index in [4.69, 9.17) is 0 Å². The van der Waals surface area contributed by atoms with Crippen LogP contribution in [-0.2, 0) is 4.79 Å². The van der Waals surface area contributed by atoms with E-state index in [1.165, 1.54) is 0 Å². The Balaban J connectivity index is 2.00. The van der Waals surface area contributed by atoms with Crippen LogP contribution in [0, 0.1) is 5.92 Å². The summed E-state index contributed by atoms with van der Waals surface area (Å²) < 4.78 is 1.99. The molecule has 3 rings (SSSR count). The Morgan fingerprint density at radius 2 is 1.79 bits per heavy atom. The molecule has 0 radical (unpaired) electrons. The van der Waals surface area contributed by atoms with Gasteiger partial charge in [0, 0.05) is 37.9 Å². The Hall–Kier alpha value is -2.07. The molecular formula is C15H16N2O2. The second-order valence-corrected chi connectivity index (χ2v) is 4.84. The molecule has 1 aromatic heterocycles. The number of rotatable bonds is 3. The molecule has 0 saturated carbocycles. The summed E-state index contributed by atoms with van der Waals surface area (Å²) in [7, 11) is 0. The van der Waals surface area contributed by atoms with Crippen molar-refractivity contribution in [2.24, 2.45) is 5.92 Å². The van der Waals surface area contributed by atoms with Crippen LogP contribution in [0.1, 0.15) is 6.42 Å². The number of benzene rings is 1. The molecule has 4 nitrogen and oxygen atoms in total. The number of aromatic nitrogens is 1. The molecule has 1 unspecified atom stereocenters. The van der Waals surface area contributed by atoms with Gasteiger partial charge < -0.3 is 14.6 Å². The van der Waals surface area contributed by atoms with Crippen molar-refractivity contribution < 1.29 is 9.90 Å². The third-order valence-electron chi connectivity index (χ3n) is 3.52. The van der Waals surface area contributed by atoms with Gasteiger partial charge in [-0.15, -0.1) is 0 Å². The first-order chi connectivity index (χ1) is 9.29. The largest absolute Gasteiger partial charge is 0.396 e. The Bertz CT molecular complexity index is 578. The molecule has 0 spiro atoms. The number of carbonyl (C=O) groups is 1. The Morgan fingerprint density at radius 3 is 2.42 bits per heavy atom. The summed E-state index contributed by atoms with van der Waals surface area (Å²) >= 11 is 0. The van der Waals surface area contributed by atoms with Gasteiger partial charge in [0.1, 0.15) is 0 Å². The van der Waals surface area contributed by atoms with E-state index in [0.29, 0.717) is 13.0 Å². The van der Waals surface area contributed by atoms with E-state index in [0.717, 1.165) is 11.4 Å². The molecule has 2 aromatic rings. The fourth-order valence-corrected chi connectivity index (χ4v) is 2.54. The topological polar surface area (TPSA) is 45.5 Å². The maximum atomic E-state index is 12.1. The van der Waals surface area contributed by atoms with Gasteiger partial charge in [0.2, 0.25) is 5.91 Å². The standard InChI is InChI=1S/C15H16N2O2/c18-11-12-9-15(19)17(10-12)14-6-2-1-5-13(14)16-7-3-4-8-16/h1-8,12,18H,9-11H2. The molecule has 1 amide bonds. The maximum absolute atomic E-state index is 12.1. The molecule has 1 fully saturated rings. The average Bonchev–Trinajstić information content (AvgIpc) is 3.08. The first-order valence-corrected chi connectivity index (χ1v) is 6.43. The van der Waals surface area contributed by atoms with Crippen molar-refractivity contribution in [3.8, 4) is 5.69 Å². The molecule has 1 aliphatic rings. The zero-order valence-corrected chi connectivity index (χ0v) is 10.6. The number of aliphatic hydroxyl groups excluding tert-OH is 1. The highest BCUT2D eigenvalue weighted by Gasteiger charge is 2.31. The van der Waals surface area contributed by atoms with Crippen LogP contribution in [0.3, 0.4) is 0 Å². The van der Waals surface area contributed by atoms with Crippen LogP contribution in [-0.4, -0.2) is 28.7 Å². The van der Waals surface area contributed by atoms with Crippen LogP contribution >= 0.6 is 0 Å². The van der Waals surface area contributed by atoms with E-state index in [1.807, 2.05) is 53.4 Å². The molecule has 1 N–H and O–H groups in total. The van der Waals surface area contributed by atoms with Crippen molar-refractivity contribution in [1.82, 2.24) is 4.57 Å².